The Balaban J connectivity index is 1.32. The average molecular weight is 512 g/mol. The smallest absolute Gasteiger partial charge is 0.209 e. The van der Waals surface area contributed by atoms with Crippen molar-refractivity contribution in [2.45, 2.75) is 32.3 Å². The van der Waals surface area contributed by atoms with Crippen molar-refractivity contribution in [2.75, 3.05) is 57.0 Å². The maximum Gasteiger partial charge on any atom is 0.209 e. The van der Waals surface area contributed by atoms with Gasteiger partial charge in [0.25, 0.3) is 0 Å². The van der Waals surface area contributed by atoms with Gasteiger partial charge in [-0.05, 0) is 30.5 Å². The Labute approximate surface area is 219 Å². The fraction of sp³-hybridized carbons (Fsp3) is 0.500. The molecule has 0 spiro atoms. The molecule has 0 aliphatic carbocycles. The van der Waals surface area contributed by atoms with Crippen molar-refractivity contribution in [1.82, 2.24) is 19.7 Å². The van der Waals surface area contributed by atoms with Crippen molar-refractivity contribution in [3.05, 3.63) is 60.4 Å². The highest BCUT2D eigenvalue weighted by atomic mass is 32.2. The topological polar surface area (TPSA) is 98.0 Å². The second kappa shape index (κ2) is 17.7. The zero-order chi connectivity index (χ0) is 25.1. The summed E-state index contributed by atoms with van der Waals surface area (Å²) in [5.74, 6) is 1.48. The minimum atomic E-state index is 0.464. The largest absolute Gasteiger partial charge is 0.379 e. The molecule has 2 aromatic rings. The van der Waals surface area contributed by atoms with E-state index in [2.05, 4.69) is 42.1 Å². The molecule has 194 valence electrons. The van der Waals surface area contributed by atoms with Gasteiger partial charge in [-0.25, -0.2) is 0 Å². The highest BCUT2D eigenvalue weighted by Gasteiger charge is 2.13. The number of benzene rings is 1. The van der Waals surface area contributed by atoms with Crippen LogP contribution in [-0.2, 0) is 16.2 Å². The number of anilines is 1. The van der Waals surface area contributed by atoms with Gasteiger partial charge in [-0.1, -0.05) is 55.1 Å². The molecule has 10 heteroatoms. The van der Waals surface area contributed by atoms with E-state index in [9.17, 15) is 0 Å². The quantitative estimate of drug-likeness (QED) is 0.0702. The first kappa shape index (κ1) is 27.9. The van der Waals surface area contributed by atoms with Gasteiger partial charge in [0.15, 0.2) is 6.19 Å². The Kier molecular flexibility index (Phi) is 13.7. The number of hydroxylamine groups is 1. The minimum absolute atomic E-state index is 0.464. The normalized spacial score (nSPS) is 14.5. The molecule has 2 heterocycles. The van der Waals surface area contributed by atoms with Gasteiger partial charge >= 0.3 is 0 Å². The molecule has 0 saturated carbocycles. The molecule has 0 amide bonds. The van der Waals surface area contributed by atoms with E-state index in [0.29, 0.717) is 19.1 Å². The second-order valence-corrected chi connectivity index (χ2v) is 9.42. The van der Waals surface area contributed by atoms with Crippen LogP contribution in [0.25, 0.3) is 0 Å². The van der Waals surface area contributed by atoms with Crippen molar-refractivity contribution in [1.29, 1.82) is 5.26 Å². The van der Waals surface area contributed by atoms with Crippen LogP contribution in [-0.4, -0.2) is 72.0 Å². The first-order chi connectivity index (χ1) is 17.8. The number of guanidine groups is 1. The van der Waals surface area contributed by atoms with Crippen LogP contribution in [0.2, 0.25) is 0 Å². The Morgan fingerprint density at radius 2 is 1.89 bits per heavy atom. The maximum absolute atomic E-state index is 8.96. The van der Waals surface area contributed by atoms with Crippen LogP contribution in [0.1, 0.15) is 31.2 Å². The summed E-state index contributed by atoms with van der Waals surface area (Å²) >= 11 is 1.77. The minimum Gasteiger partial charge on any atom is -0.379 e. The van der Waals surface area contributed by atoms with Gasteiger partial charge in [-0.3, -0.25) is 25.0 Å². The van der Waals surface area contributed by atoms with Crippen LogP contribution in [0.4, 0.5) is 5.69 Å². The van der Waals surface area contributed by atoms with Crippen LogP contribution in [0.3, 0.4) is 0 Å². The standard InChI is InChI=1S/C26H37N7O2S/c27-23-30-26(31-25-10-13-28-14-11-25)29-12-6-1-2-7-21-36-33(16-15-32-17-19-34-20-18-32)35-22-24-8-4-3-5-9-24/h3-5,8-11,13-14H,1-2,6-7,12,15-22H2,(H2,28,29,30,31). The molecule has 9 nitrogen and oxygen atoms in total. The maximum atomic E-state index is 8.96. The van der Waals surface area contributed by atoms with Crippen LogP contribution in [0, 0.1) is 11.5 Å². The molecular formula is C26H37N7O2S. The third kappa shape index (κ3) is 11.8. The van der Waals surface area contributed by atoms with E-state index >= 15 is 0 Å². The number of pyridine rings is 1. The molecule has 0 bridgehead atoms. The summed E-state index contributed by atoms with van der Waals surface area (Å²) in [5.41, 5.74) is 2.02. The van der Waals surface area contributed by atoms with Crippen molar-refractivity contribution in [3.8, 4) is 6.19 Å². The lowest BCUT2D eigenvalue weighted by Crippen LogP contribution is -2.40. The monoisotopic (exact) mass is 511 g/mol. The van der Waals surface area contributed by atoms with Gasteiger partial charge in [-0.2, -0.15) is 5.26 Å². The van der Waals surface area contributed by atoms with E-state index in [4.69, 9.17) is 14.8 Å². The van der Waals surface area contributed by atoms with Gasteiger partial charge < -0.3 is 10.1 Å². The third-order valence-electron chi connectivity index (χ3n) is 5.60. The summed E-state index contributed by atoms with van der Waals surface area (Å²) in [7, 11) is 0. The number of nitrogens with zero attached hydrogens (tertiary/aromatic N) is 5. The Bertz CT molecular complexity index is 906. The molecule has 2 N–H and O–H groups in total. The molecule has 3 rings (SSSR count). The SMILES string of the molecule is N#CNC(=NCCCCCCSN(CCN1CCOCC1)OCc1ccccc1)Nc1ccncc1. The van der Waals surface area contributed by atoms with Crippen molar-refractivity contribution < 1.29 is 9.57 Å². The lowest BCUT2D eigenvalue weighted by atomic mass is 10.2. The zero-order valence-corrected chi connectivity index (χ0v) is 21.7. The first-order valence-electron chi connectivity index (χ1n) is 12.6. The molecular weight excluding hydrogens is 474 g/mol. The summed E-state index contributed by atoms with van der Waals surface area (Å²) in [6.07, 6.45) is 9.65. The van der Waals surface area contributed by atoms with Crippen molar-refractivity contribution in [2.24, 2.45) is 4.99 Å². The van der Waals surface area contributed by atoms with Crippen molar-refractivity contribution in [3.63, 3.8) is 0 Å². The van der Waals surface area contributed by atoms with E-state index in [1.165, 1.54) is 5.56 Å². The number of unbranched alkanes of at least 4 members (excludes halogenated alkanes) is 3. The molecule has 1 fully saturated rings. The number of hydrogen-bond acceptors (Lipinski definition) is 8. The molecule has 0 radical (unpaired) electrons. The summed E-state index contributed by atoms with van der Waals surface area (Å²) in [4.78, 5) is 17.0. The predicted molar refractivity (Wildman–Crippen MR) is 145 cm³/mol. The molecule has 0 unspecified atom stereocenters. The number of morpholine rings is 1. The predicted octanol–water partition coefficient (Wildman–Crippen LogP) is 3.89. The van der Waals surface area contributed by atoms with E-state index in [1.807, 2.05) is 36.5 Å². The third-order valence-corrected chi connectivity index (χ3v) is 6.64. The van der Waals surface area contributed by atoms with Gasteiger partial charge in [0, 0.05) is 56.6 Å². The highest BCUT2D eigenvalue weighted by molar-refractivity contribution is 7.96. The van der Waals surface area contributed by atoms with Crippen molar-refractivity contribution >= 4 is 23.6 Å². The van der Waals surface area contributed by atoms with E-state index in [1.54, 1.807) is 24.3 Å². The second-order valence-electron chi connectivity index (χ2n) is 8.34. The molecule has 1 aliphatic rings. The Morgan fingerprint density at radius 3 is 2.67 bits per heavy atom. The number of aliphatic imine (C=N–C) groups is 1. The van der Waals surface area contributed by atoms with E-state index < -0.39 is 0 Å². The summed E-state index contributed by atoms with van der Waals surface area (Å²) in [6.45, 7) is 6.71. The molecule has 1 aliphatic heterocycles. The van der Waals surface area contributed by atoms with Crippen LogP contribution < -0.4 is 10.6 Å². The van der Waals surface area contributed by atoms with Gasteiger partial charge in [0.2, 0.25) is 5.96 Å². The molecule has 1 saturated heterocycles. The fourth-order valence-corrected chi connectivity index (χ4v) is 4.47. The Hall–Kier alpha value is -2.68. The van der Waals surface area contributed by atoms with Gasteiger partial charge in [0.05, 0.1) is 19.8 Å². The molecule has 1 aromatic heterocycles. The van der Waals surface area contributed by atoms with E-state index in [-0.39, 0.29) is 0 Å². The fourth-order valence-electron chi connectivity index (χ4n) is 3.59. The van der Waals surface area contributed by atoms with Crippen LogP contribution in [0.5, 0.6) is 0 Å². The zero-order valence-electron chi connectivity index (χ0n) is 20.8. The number of nitrogens with one attached hydrogen (secondary N) is 2. The lowest BCUT2D eigenvalue weighted by Gasteiger charge is -2.29. The number of rotatable bonds is 15. The lowest BCUT2D eigenvalue weighted by molar-refractivity contribution is -0.0927. The number of ether oxygens (including phenoxy) is 1. The Morgan fingerprint density at radius 1 is 1.11 bits per heavy atom. The molecule has 0 atom stereocenters. The first-order valence-corrected chi connectivity index (χ1v) is 13.5. The average Bonchev–Trinajstić information content (AvgIpc) is 2.93. The van der Waals surface area contributed by atoms with E-state index in [0.717, 1.165) is 76.5 Å². The number of aromatic nitrogens is 1. The van der Waals surface area contributed by atoms with Crippen LogP contribution in [0.15, 0.2) is 59.9 Å². The molecule has 36 heavy (non-hydrogen) atoms. The number of nitriles is 1. The van der Waals surface area contributed by atoms with Crippen LogP contribution >= 0.6 is 11.9 Å². The van der Waals surface area contributed by atoms with Gasteiger partial charge in [0.1, 0.15) is 0 Å². The van der Waals surface area contributed by atoms with Gasteiger partial charge in [-0.15, -0.1) is 4.47 Å². The summed E-state index contributed by atoms with van der Waals surface area (Å²) in [5, 5.41) is 14.7. The molecule has 1 aromatic carbocycles. The number of hydrogen-bond donors (Lipinski definition) is 2. The highest BCUT2D eigenvalue weighted by Crippen LogP contribution is 2.16. The summed E-state index contributed by atoms with van der Waals surface area (Å²) < 4.78 is 7.51. The summed E-state index contributed by atoms with van der Waals surface area (Å²) in [6, 6.07) is 14.0.